The molecule has 0 saturated carbocycles. The van der Waals surface area contributed by atoms with E-state index >= 15 is 0 Å². The average molecular weight is 330 g/mol. The topological polar surface area (TPSA) is 51.1 Å². The summed E-state index contributed by atoms with van der Waals surface area (Å²) in [5.41, 5.74) is 2.79. The van der Waals surface area contributed by atoms with Crippen LogP contribution in [0.2, 0.25) is 0 Å². The fraction of sp³-hybridized carbons (Fsp3) is 0.176. The van der Waals surface area contributed by atoms with Gasteiger partial charge in [-0.05, 0) is 54.4 Å². The number of aromatic nitrogens is 1. The van der Waals surface area contributed by atoms with Gasteiger partial charge in [0.25, 0.3) is 10.0 Å². The van der Waals surface area contributed by atoms with Crippen LogP contribution in [0.3, 0.4) is 0 Å². The average Bonchev–Trinajstić information content (AvgIpc) is 2.79. The Kier molecular flexibility index (Phi) is 3.25. The quantitative estimate of drug-likeness (QED) is 0.786. The van der Waals surface area contributed by atoms with Gasteiger partial charge in [0, 0.05) is 18.1 Å². The van der Waals surface area contributed by atoms with Crippen molar-refractivity contribution in [2.45, 2.75) is 17.9 Å². The summed E-state index contributed by atoms with van der Waals surface area (Å²) in [5.74, 6) is -0.454. The summed E-state index contributed by atoms with van der Waals surface area (Å²) in [6.07, 6.45) is 2.47. The van der Waals surface area contributed by atoms with Crippen molar-refractivity contribution >= 4 is 20.9 Å². The van der Waals surface area contributed by atoms with Crippen LogP contribution in [-0.2, 0) is 23.0 Å². The minimum absolute atomic E-state index is 0.0861. The first-order chi connectivity index (χ1) is 11.1. The Balaban J connectivity index is 1.98. The second-order valence-corrected chi connectivity index (χ2v) is 7.46. The fourth-order valence-corrected chi connectivity index (χ4v) is 4.50. The van der Waals surface area contributed by atoms with E-state index < -0.39 is 15.8 Å². The molecule has 1 aliphatic heterocycles. The third-order valence-electron chi connectivity index (χ3n) is 4.22. The molecule has 4 rings (SSSR count). The van der Waals surface area contributed by atoms with Gasteiger partial charge in [-0.25, -0.2) is 16.8 Å². The molecule has 0 aliphatic carbocycles. The van der Waals surface area contributed by atoms with Gasteiger partial charge in [-0.15, -0.1) is 0 Å². The zero-order valence-corrected chi connectivity index (χ0v) is 13.1. The van der Waals surface area contributed by atoms with E-state index in [1.807, 2.05) is 18.2 Å². The number of nitrogens with zero attached hydrogens (tertiary/aromatic N) is 1. The molecule has 4 nitrogen and oxygen atoms in total. The molecule has 2 aromatic carbocycles. The molecule has 6 heteroatoms. The second kappa shape index (κ2) is 5.18. The van der Waals surface area contributed by atoms with Crippen LogP contribution in [0.4, 0.5) is 4.39 Å². The summed E-state index contributed by atoms with van der Waals surface area (Å²) in [7, 11) is -3.74. The van der Waals surface area contributed by atoms with Gasteiger partial charge < -0.3 is 5.32 Å². The van der Waals surface area contributed by atoms with Gasteiger partial charge in [0.2, 0.25) is 0 Å². The molecule has 0 spiro atoms. The highest BCUT2D eigenvalue weighted by Gasteiger charge is 2.23. The van der Waals surface area contributed by atoms with Gasteiger partial charge in [0.15, 0.2) is 0 Å². The van der Waals surface area contributed by atoms with Crippen LogP contribution in [0.1, 0.15) is 11.1 Å². The molecule has 1 aromatic heterocycles. The number of halogens is 1. The fourth-order valence-electron chi connectivity index (χ4n) is 3.12. The molecule has 118 valence electrons. The molecule has 0 amide bonds. The Hall–Kier alpha value is -2.18. The Bertz CT molecular complexity index is 991. The molecular weight excluding hydrogens is 315 g/mol. The molecular formula is C17H15FN2O2S. The first kappa shape index (κ1) is 14.4. The van der Waals surface area contributed by atoms with E-state index in [0.29, 0.717) is 5.52 Å². The maximum atomic E-state index is 13.1. The number of hydrogen-bond acceptors (Lipinski definition) is 3. The van der Waals surface area contributed by atoms with Crippen molar-refractivity contribution in [3.8, 4) is 0 Å². The van der Waals surface area contributed by atoms with Crippen LogP contribution in [0.25, 0.3) is 10.9 Å². The predicted molar refractivity (Wildman–Crippen MR) is 86.3 cm³/mol. The van der Waals surface area contributed by atoms with E-state index in [0.717, 1.165) is 48.2 Å². The van der Waals surface area contributed by atoms with E-state index in [1.54, 1.807) is 6.20 Å². The van der Waals surface area contributed by atoms with Crippen LogP contribution >= 0.6 is 0 Å². The maximum Gasteiger partial charge on any atom is 0.268 e. The minimum atomic E-state index is -3.74. The Morgan fingerprint density at radius 1 is 1.04 bits per heavy atom. The highest BCUT2D eigenvalue weighted by atomic mass is 32.2. The lowest BCUT2D eigenvalue weighted by Crippen LogP contribution is -2.15. The van der Waals surface area contributed by atoms with Crippen LogP contribution < -0.4 is 5.32 Å². The van der Waals surface area contributed by atoms with Crippen molar-refractivity contribution in [3.63, 3.8) is 0 Å². The monoisotopic (exact) mass is 330 g/mol. The van der Waals surface area contributed by atoms with E-state index in [1.165, 1.54) is 16.1 Å². The molecule has 0 unspecified atom stereocenters. The van der Waals surface area contributed by atoms with Crippen LogP contribution in [0, 0.1) is 5.82 Å². The van der Waals surface area contributed by atoms with Crippen LogP contribution in [0.15, 0.2) is 53.6 Å². The molecule has 3 aromatic rings. The Morgan fingerprint density at radius 2 is 1.83 bits per heavy atom. The number of hydrogen-bond donors (Lipinski definition) is 1. The zero-order valence-electron chi connectivity index (χ0n) is 12.3. The van der Waals surface area contributed by atoms with Crippen molar-refractivity contribution in [1.82, 2.24) is 9.29 Å². The first-order valence-corrected chi connectivity index (χ1v) is 8.85. The van der Waals surface area contributed by atoms with E-state index in [2.05, 4.69) is 5.32 Å². The molecule has 0 atom stereocenters. The van der Waals surface area contributed by atoms with Crippen molar-refractivity contribution in [2.24, 2.45) is 0 Å². The second-order valence-electron chi connectivity index (χ2n) is 5.65. The highest BCUT2D eigenvalue weighted by Crippen LogP contribution is 2.30. The molecule has 0 saturated heterocycles. The molecule has 1 N–H and O–H groups in total. The zero-order chi connectivity index (χ0) is 16.0. The maximum absolute atomic E-state index is 13.1. The van der Waals surface area contributed by atoms with E-state index in [9.17, 15) is 12.8 Å². The van der Waals surface area contributed by atoms with Gasteiger partial charge in [-0.3, -0.25) is 0 Å². The minimum Gasteiger partial charge on any atom is -0.312 e. The molecule has 1 aliphatic rings. The summed E-state index contributed by atoms with van der Waals surface area (Å²) >= 11 is 0. The molecule has 0 bridgehead atoms. The number of benzene rings is 2. The van der Waals surface area contributed by atoms with Gasteiger partial charge in [-0.2, -0.15) is 0 Å². The van der Waals surface area contributed by atoms with Crippen molar-refractivity contribution < 1.29 is 12.8 Å². The molecule has 0 fully saturated rings. The lowest BCUT2D eigenvalue weighted by atomic mass is 10.1. The van der Waals surface area contributed by atoms with Gasteiger partial charge >= 0.3 is 0 Å². The lowest BCUT2D eigenvalue weighted by molar-refractivity contribution is 0.587. The summed E-state index contributed by atoms with van der Waals surface area (Å²) < 4.78 is 40.3. The van der Waals surface area contributed by atoms with E-state index in [-0.39, 0.29) is 4.90 Å². The van der Waals surface area contributed by atoms with Gasteiger partial charge in [0.05, 0.1) is 10.4 Å². The third-order valence-corrected chi connectivity index (χ3v) is 5.91. The first-order valence-electron chi connectivity index (χ1n) is 7.41. The Morgan fingerprint density at radius 3 is 2.61 bits per heavy atom. The highest BCUT2D eigenvalue weighted by molar-refractivity contribution is 7.90. The summed E-state index contributed by atoms with van der Waals surface area (Å²) in [6, 6.07) is 10.6. The Labute approximate surface area is 133 Å². The third kappa shape index (κ3) is 2.26. The largest absolute Gasteiger partial charge is 0.312 e. The summed E-state index contributed by atoms with van der Waals surface area (Å²) in [6.45, 7) is 1.54. The van der Waals surface area contributed by atoms with Gasteiger partial charge in [-0.1, -0.05) is 12.1 Å². The van der Waals surface area contributed by atoms with Crippen LogP contribution in [-0.4, -0.2) is 18.9 Å². The number of nitrogens with one attached hydrogen (secondary N) is 1. The standard InChI is InChI=1S/C17H15FN2O2S/c18-14-4-6-15(7-5-14)23(21,22)20-11-13-8-9-19-10-12-2-1-3-16(20)17(12)13/h1-7,11,19H,8-10H2. The molecule has 2 heterocycles. The van der Waals surface area contributed by atoms with Crippen molar-refractivity contribution in [3.05, 3.63) is 65.6 Å². The van der Waals surface area contributed by atoms with Crippen molar-refractivity contribution in [2.75, 3.05) is 6.54 Å². The van der Waals surface area contributed by atoms with Gasteiger partial charge in [0.1, 0.15) is 5.82 Å². The lowest BCUT2D eigenvalue weighted by Gasteiger charge is -2.09. The number of rotatable bonds is 2. The normalized spacial score (nSPS) is 14.8. The summed E-state index contributed by atoms with van der Waals surface area (Å²) in [5, 5.41) is 4.34. The van der Waals surface area contributed by atoms with Crippen molar-refractivity contribution in [1.29, 1.82) is 0 Å². The van der Waals surface area contributed by atoms with E-state index in [4.69, 9.17) is 0 Å². The van der Waals surface area contributed by atoms with Crippen LogP contribution in [0.5, 0.6) is 0 Å². The molecule has 23 heavy (non-hydrogen) atoms. The predicted octanol–water partition coefficient (Wildman–Crippen LogP) is 2.66. The summed E-state index contributed by atoms with van der Waals surface area (Å²) in [4.78, 5) is 0.0861. The SMILES string of the molecule is O=S(=O)(c1ccc(F)cc1)n1cc2c3c(cccc31)CNCC2. The smallest absolute Gasteiger partial charge is 0.268 e. The molecule has 0 radical (unpaired) electrons.